The van der Waals surface area contributed by atoms with Crippen LogP contribution < -0.4 is 0 Å². The number of carbonyl (C=O) groups excluding carboxylic acids is 1. The first kappa shape index (κ1) is 19.7. The zero-order chi connectivity index (χ0) is 16.9. The second-order valence-corrected chi connectivity index (χ2v) is 6.48. The Balaban J connectivity index is 2.70. The minimum atomic E-state index is -0.155. The van der Waals surface area contributed by atoms with Crippen molar-refractivity contribution in [1.29, 1.82) is 0 Å². The van der Waals surface area contributed by atoms with Crippen molar-refractivity contribution in [2.24, 2.45) is 0 Å². The molecule has 0 unspecified atom stereocenters. The summed E-state index contributed by atoms with van der Waals surface area (Å²) >= 11 is 0. The first-order chi connectivity index (χ1) is 11.2. The summed E-state index contributed by atoms with van der Waals surface area (Å²) in [5.41, 5.74) is 4.00. The Morgan fingerprint density at radius 2 is 1.48 bits per heavy atom. The molecule has 0 bridgehead atoms. The molecule has 0 saturated carbocycles. The van der Waals surface area contributed by atoms with E-state index in [2.05, 4.69) is 32.0 Å². The average molecular weight is 319 g/mol. The predicted molar refractivity (Wildman–Crippen MR) is 97.9 cm³/mol. The molecule has 1 aromatic carbocycles. The van der Waals surface area contributed by atoms with Gasteiger partial charge < -0.3 is 4.74 Å². The zero-order valence-electron chi connectivity index (χ0n) is 15.3. The van der Waals surface area contributed by atoms with E-state index in [0.29, 0.717) is 6.42 Å². The smallest absolute Gasteiger partial charge is 0.309 e. The lowest BCUT2D eigenvalue weighted by Crippen LogP contribution is -2.06. The molecular weight excluding hydrogens is 284 g/mol. The van der Waals surface area contributed by atoms with Crippen LogP contribution in [0.2, 0.25) is 0 Å². The van der Waals surface area contributed by atoms with E-state index in [-0.39, 0.29) is 5.97 Å². The van der Waals surface area contributed by atoms with Crippen LogP contribution in [0.1, 0.15) is 81.9 Å². The molecule has 0 amide bonds. The van der Waals surface area contributed by atoms with Crippen LogP contribution in [0.15, 0.2) is 18.2 Å². The molecule has 2 nitrogen and oxygen atoms in total. The van der Waals surface area contributed by atoms with E-state index in [1.807, 2.05) is 0 Å². The van der Waals surface area contributed by atoms with Crippen LogP contribution in [-0.4, -0.2) is 13.1 Å². The van der Waals surface area contributed by atoms with E-state index in [0.717, 1.165) is 12.0 Å². The number of ether oxygens (including phenoxy) is 1. The third-order valence-electron chi connectivity index (χ3n) is 4.45. The molecule has 0 saturated heterocycles. The minimum absolute atomic E-state index is 0.155. The number of hydrogen-bond acceptors (Lipinski definition) is 2. The number of hydrogen-bond donors (Lipinski definition) is 0. The van der Waals surface area contributed by atoms with Crippen molar-refractivity contribution in [3.63, 3.8) is 0 Å². The van der Waals surface area contributed by atoms with Crippen LogP contribution in [-0.2, 0) is 28.8 Å². The summed E-state index contributed by atoms with van der Waals surface area (Å²) in [4.78, 5) is 11.5. The number of esters is 1. The van der Waals surface area contributed by atoms with Gasteiger partial charge in [0.15, 0.2) is 0 Å². The van der Waals surface area contributed by atoms with Crippen LogP contribution in [0.25, 0.3) is 0 Å². The van der Waals surface area contributed by atoms with Crippen LogP contribution in [0.4, 0.5) is 0 Å². The molecule has 0 radical (unpaired) electrons. The minimum Gasteiger partial charge on any atom is -0.469 e. The lowest BCUT2D eigenvalue weighted by Gasteiger charge is -2.12. The van der Waals surface area contributed by atoms with Gasteiger partial charge in [-0.2, -0.15) is 0 Å². The van der Waals surface area contributed by atoms with Gasteiger partial charge in [-0.3, -0.25) is 4.79 Å². The van der Waals surface area contributed by atoms with Crippen molar-refractivity contribution >= 4 is 5.97 Å². The maximum Gasteiger partial charge on any atom is 0.309 e. The molecular formula is C21H34O2. The monoisotopic (exact) mass is 318 g/mol. The number of benzene rings is 1. The van der Waals surface area contributed by atoms with E-state index in [9.17, 15) is 4.79 Å². The molecule has 1 rings (SSSR count). The molecule has 0 N–H and O–H groups in total. The lowest BCUT2D eigenvalue weighted by molar-refractivity contribution is -0.139. The first-order valence-corrected chi connectivity index (χ1v) is 9.38. The Hall–Kier alpha value is -1.31. The van der Waals surface area contributed by atoms with Gasteiger partial charge in [0.1, 0.15) is 0 Å². The Morgan fingerprint density at radius 1 is 0.870 bits per heavy atom. The maximum absolute atomic E-state index is 11.5. The summed E-state index contributed by atoms with van der Waals surface area (Å²) in [5, 5.41) is 0. The van der Waals surface area contributed by atoms with E-state index in [1.165, 1.54) is 76.0 Å². The number of aryl methyl sites for hydroxylation is 2. The van der Waals surface area contributed by atoms with Gasteiger partial charge in [-0.15, -0.1) is 0 Å². The Labute approximate surface area is 142 Å². The van der Waals surface area contributed by atoms with Gasteiger partial charge in [-0.05, 0) is 42.4 Å². The van der Waals surface area contributed by atoms with Gasteiger partial charge >= 0.3 is 5.97 Å². The lowest BCUT2D eigenvalue weighted by atomic mass is 9.94. The topological polar surface area (TPSA) is 26.3 Å². The number of methoxy groups -OCH3 is 1. The number of rotatable bonds is 12. The summed E-state index contributed by atoms with van der Waals surface area (Å²) in [6.07, 6.45) is 13.0. The van der Waals surface area contributed by atoms with E-state index in [4.69, 9.17) is 4.74 Å². The highest BCUT2D eigenvalue weighted by atomic mass is 16.5. The molecule has 0 fully saturated rings. The normalized spacial score (nSPS) is 10.7. The molecule has 0 atom stereocenters. The molecule has 0 spiro atoms. The molecule has 2 heteroatoms. The molecule has 0 heterocycles. The zero-order valence-corrected chi connectivity index (χ0v) is 15.3. The second-order valence-electron chi connectivity index (χ2n) is 6.48. The van der Waals surface area contributed by atoms with E-state index in [1.54, 1.807) is 0 Å². The highest BCUT2D eigenvalue weighted by molar-refractivity contribution is 5.72. The number of unbranched alkanes of at least 4 members (excludes halogenated alkanes) is 6. The molecule has 130 valence electrons. The Bertz CT molecular complexity index is 451. The predicted octanol–water partition coefficient (Wildman–Crippen LogP) is 5.65. The van der Waals surface area contributed by atoms with E-state index < -0.39 is 0 Å². The van der Waals surface area contributed by atoms with Crippen molar-refractivity contribution in [2.45, 2.75) is 84.5 Å². The number of carbonyl (C=O) groups is 1. The van der Waals surface area contributed by atoms with Gasteiger partial charge in [0, 0.05) is 0 Å². The Morgan fingerprint density at radius 3 is 2.04 bits per heavy atom. The van der Waals surface area contributed by atoms with Crippen molar-refractivity contribution in [2.75, 3.05) is 7.11 Å². The molecule has 0 aliphatic heterocycles. The maximum atomic E-state index is 11.5. The fourth-order valence-corrected chi connectivity index (χ4v) is 2.99. The fourth-order valence-electron chi connectivity index (χ4n) is 2.99. The largest absolute Gasteiger partial charge is 0.469 e. The quantitative estimate of drug-likeness (QED) is 0.368. The molecule has 0 aromatic heterocycles. The van der Waals surface area contributed by atoms with Crippen molar-refractivity contribution in [3.8, 4) is 0 Å². The van der Waals surface area contributed by atoms with Crippen LogP contribution >= 0.6 is 0 Å². The Kier molecular flexibility index (Phi) is 10.4. The van der Waals surface area contributed by atoms with Crippen LogP contribution in [0.3, 0.4) is 0 Å². The summed E-state index contributed by atoms with van der Waals surface area (Å²) in [7, 11) is 1.45. The molecule has 23 heavy (non-hydrogen) atoms. The molecule has 0 aliphatic rings. The third-order valence-corrected chi connectivity index (χ3v) is 4.45. The van der Waals surface area contributed by atoms with Gasteiger partial charge in [0.25, 0.3) is 0 Å². The van der Waals surface area contributed by atoms with Gasteiger partial charge in [-0.1, -0.05) is 70.6 Å². The van der Waals surface area contributed by atoms with Crippen LogP contribution in [0, 0.1) is 0 Å². The summed E-state index contributed by atoms with van der Waals surface area (Å²) in [6, 6.07) is 6.57. The molecule has 0 aliphatic carbocycles. The second kappa shape index (κ2) is 12.2. The highest BCUT2D eigenvalue weighted by Crippen LogP contribution is 2.19. The molecule has 1 aromatic rings. The van der Waals surface area contributed by atoms with Gasteiger partial charge in [-0.25, -0.2) is 0 Å². The summed E-state index contributed by atoms with van der Waals surface area (Å²) < 4.78 is 4.79. The summed E-state index contributed by atoms with van der Waals surface area (Å²) in [5.74, 6) is -0.155. The SMILES string of the molecule is CCCCCCc1ccc(CC(=O)OC)cc1CCCCCC. The highest BCUT2D eigenvalue weighted by Gasteiger charge is 2.08. The summed E-state index contributed by atoms with van der Waals surface area (Å²) in [6.45, 7) is 4.50. The standard InChI is InChI=1S/C21H34O2/c1-4-6-8-10-12-19-15-14-18(17-21(22)23-3)16-20(19)13-11-9-7-5-2/h14-16H,4-13,17H2,1-3H3. The third kappa shape index (κ3) is 8.20. The van der Waals surface area contributed by atoms with Gasteiger partial charge in [0.05, 0.1) is 13.5 Å². The van der Waals surface area contributed by atoms with Crippen molar-refractivity contribution < 1.29 is 9.53 Å². The average Bonchev–Trinajstić information content (AvgIpc) is 2.57. The fraction of sp³-hybridized carbons (Fsp3) is 0.667. The van der Waals surface area contributed by atoms with Crippen LogP contribution in [0.5, 0.6) is 0 Å². The van der Waals surface area contributed by atoms with Gasteiger partial charge in [0.2, 0.25) is 0 Å². The van der Waals surface area contributed by atoms with Crippen molar-refractivity contribution in [3.05, 3.63) is 34.9 Å². The van der Waals surface area contributed by atoms with Crippen molar-refractivity contribution in [1.82, 2.24) is 0 Å². The van der Waals surface area contributed by atoms with E-state index >= 15 is 0 Å². The first-order valence-electron chi connectivity index (χ1n) is 9.38.